The molecule has 0 unspecified atom stereocenters. The summed E-state index contributed by atoms with van der Waals surface area (Å²) in [5.41, 5.74) is 0.824. The smallest absolute Gasteiger partial charge is 0.416 e. The number of halogens is 3. The van der Waals surface area contributed by atoms with Crippen molar-refractivity contribution in [3.05, 3.63) is 145 Å². The lowest BCUT2D eigenvalue weighted by Crippen LogP contribution is -2.13. The number of alkyl halides is 3. The standard InChI is InChI=1S/C17H21NO4S.C16H15F3O4S.C16H18O5S/c1-13(2)21-16-7-5-6-8-17(16)22-23(19,20)15-11-9-14(10-12-15)18(3)4;1-10(2)23-14-8-5-12(9-15(14)24(20,21)22)11-3-6-13(7-4-11)16(17,18)19;1-12(2)20-15-6-4-5-7-16(15)21-22(17,18)14-10-8-13(19-3)9-11-14/h5-13H,1-4H3;3-10H,1-2H3,(H,20,21,22);4-12H,1-3H3. The lowest BCUT2D eigenvalue weighted by atomic mass is 10.0. The largest absolute Gasteiger partial charge is 0.497 e. The fourth-order valence-corrected chi connectivity index (χ4v) is 8.34. The van der Waals surface area contributed by atoms with E-state index in [-0.39, 0.29) is 45.4 Å². The van der Waals surface area contributed by atoms with Crippen LogP contribution in [0.3, 0.4) is 0 Å². The summed E-state index contributed by atoms with van der Waals surface area (Å²) < 4.78 is 152. The molecule has 6 aromatic carbocycles. The van der Waals surface area contributed by atoms with E-state index in [2.05, 4.69) is 0 Å². The van der Waals surface area contributed by atoms with Gasteiger partial charge in [0.2, 0.25) is 0 Å². The Labute approximate surface area is 402 Å². The van der Waals surface area contributed by atoms with Crippen molar-refractivity contribution >= 4 is 36.0 Å². The third-order valence-electron chi connectivity index (χ3n) is 8.94. The molecule has 0 aliphatic carbocycles. The normalized spacial score (nSPS) is 11.7. The van der Waals surface area contributed by atoms with E-state index in [9.17, 15) is 43.0 Å². The quantitative estimate of drug-likeness (QED) is 0.0714. The molecule has 0 atom stereocenters. The molecule has 0 saturated heterocycles. The van der Waals surface area contributed by atoms with Gasteiger partial charge in [-0.25, -0.2) is 0 Å². The topological polar surface area (TPSA) is 181 Å². The molecular weight excluding hydrogens is 964 g/mol. The fraction of sp³-hybridized carbons (Fsp3) is 0.265. The van der Waals surface area contributed by atoms with E-state index >= 15 is 0 Å². The first-order valence-corrected chi connectivity index (χ1v) is 25.2. The molecule has 20 heteroatoms. The van der Waals surface area contributed by atoms with E-state index in [4.69, 9.17) is 27.3 Å². The minimum absolute atomic E-state index is 0.0249. The fourth-order valence-electron chi connectivity index (χ4n) is 5.82. The molecule has 0 bridgehead atoms. The predicted molar refractivity (Wildman–Crippen MR) is 256 cm³/mol. The maximum atomic E-state index is 12.6. The summed E-state index contributed by atoms with van der Waals surface area (Å²) in [5.74, 6) is 1.67. The Balaban J connectivity index is 0.000000226. The summed E-state index contributed by atoms with van der Waals surface area (Å²) in [5, 5.41) is 0. The minimum atomic E-state index is -4.55. The third kappa shape index (κ3) is 16.6. The second-order valence-electron chi connectivity index (χ2n) is 15.7. The van der Waals surface area contributed by atoms with Crippen molar-refractivity contribution in [3.8, 4) is 45.6 Å². The van der Waals surface area contributed by atoms with Crippen LogP contribution >= 0.6 is 0 Å². The molecule has 6 aromatic rings. The molecule has 0 aliphatic rings. The second kappa shape index (κ2) is 23.7. The molecule has 0 aliphatic heterocycles. The van der Waals surface area contributed by atoms with Crippen molar-refractivity contribution in [2.24, 2.45) is 0 Å². The zero-order valence-electron chi connectivity index (χ0n) is 39.2. The van der Waals surface area contributed by atoms with Crippen molar-refractivity contribution < 1.29 is 70.3 Å². The Morgan fingerprint density at radius 2 is 0.899 bits per heavy atom. The monoisotopic (exact) mass is 1020 g/mol. The van der Waals surface area contributed by atoms with Crippen LogP contribution < -0.4 is 32.2 Å². The zero-order chi connectivity index (χ0) is 51.3. The molecule has 0 amide bonds. The van der Waals surface area contributed by atoms with E-state index in [0.717, 1.165) is 23.9 Å². The molecule has 0 saturated carbocycles. The van der Waals surface area contributed by atoms with Gasteiger partial charge in [-0.15, -0.1) is 0 Å². The predicted octanol–water partition coefficient (Wildman–Crippen LogP) is 11.0. The number of methoxy groups -OCH3 is 1. The van der Waals surface area contributed by atoms with Gasteiger partial charge in [0.25, 0.3) is 10.1 Å². The van der Waals surface area contributed by atoms with Crippen molar-refractivity contribution in [1.29, 1.82) is 0 Å². The zero-order valence-corrected chi connectivity index (χ0v) is 41.6. The molecule has 69 heavy (non-hydrogen) atoms. The highest BCUT2D eigenvalue weighted by molar-refractivity contribution is 7.87. The number of hydrogen-bond donors (Lipinski definition) is 1. The first-order chi connectivity index (χ1) is 32.2. The average molecular weight is 1020 g/mol. The van der Waals surface area contributed by atoms with Gasteiger partial charge in [-0.3, -0.25) is 4.55 Å². The van der Waals surface area contributed by atoms with Gasteiger partial charge in [0.15, 0.2) is 23.0 Å². The average Bonchev–Trinajstić information content (AvgIpc) is 3.27. The van der Waals surface area contributed by atoms with Gasteiger partial charge >= 0.3 is 26.4 Å². The number of ether oxygens (including phenoxy) is 4. The first-order valence-electron chi connectivity index (χ1n) is 21.0. The van der Waals surface area contributed by atoms with Crippen LogP contribution in [-0.4, -0.2) is 69.3 Å². The Kier molecular flexibility index (Phi) is 18.9. The Morgan fingerprint density at radius 1 is 0.507 bits per heavy atom. The summed E-state index contributed by atoms with van der Waals surface area (Å²) >= 11 is 0. The second-order valence-corrected chi connectivity index (χ2v) is 20.2. The molecule has 0 spiro atoms. The number of nitrogens with zero attached hydrogens (tertiary/aromatic N) is 1. The highest BCUT2D eigenvalue weighted by Gasteiger charge is 2.30. The van der Waals surface area contributed by atoms with Gasteiger partial charge in [-0.2, -0.15) is 38.4 Å². The van der Waals surface area contributed by atoms with Crippen molar-refractivity contribution in [3.63, 3.8) is 0 Å². The van der Waals surface area contributed by atoms with Crippen LogP contribution in [-0.2, 0) is 36.5 Å². The molecule has 0 radical (unpaired) electrons. The van der Waals surface area contributed by atoms with Crippen molar-refractivity contribution in [2.75, 3.05) is 26.1 Å². The number of benzene rings is 6. The number of hydrogen-bond acceptors (Lipinski definition) is 13. The maximum absolute atomic E-state index is 12.6. The summed E-state index contributed by atoms with van der Waals surface area (Å²) in [6.45, 7) is 10.8. The SMILES string of the molecule is CC(C)Oc1ccc(-c2ccc(C(F)(F)F)cc2)cc1S(=O)(=O)O.CC(C)Oc1ccccc1OS(=O)(=O)c1ccc(N(C)C)cc1.COc1ccc(S(=O)(=O)Oc2ccccc2OC(C)C)cc1. The summed E-state index contributed by atoms with van der Waals surface area (Å²) in [6.07, 6.45) is -4.94. The molecule has 1 N–H and O–H groups in total. The molecule has 0 aromatic heterocycles. The van der Waals surface area contributed by atoms with Gasteiger partial charge in [-0.05, 0) is 150 Å². The Bertz CT molecular complexity index is 2950. The number of para-hydroxylation sites is 4. The molecular formula is C49H54F3NO13S3. The highest BCUT2D eigenvalue weighted by Crippen LogP contribution is 2.35. The van der Waals surface area contributed by atoms with E-state index in [0.29, 0.717) is 28.4 Å². The van der Waals surface area contributed by atoms with Crippen LogP contribution in [0.25, 0.3) is 11.1 Å². The maximum Gasteiger partial charge on any atom is 0.416 e. The first kappa shape index (κ1) is 55.1. The lowest BCUT2D eigenvalue weighted by Gasteiger charge is -2.15. The Morgan fingerprint density at radius 3 is 1.28 bits per heavy atom. The summed E-state index contributed by atoms with van der Waals surface area (Å²) in [4.78, 5) is 1.60. The van der Waals surface area contributed by atoms with Crippen LogP contribution in [0.4, 0.5) is 18.9 Å². The summed E-state index contributed by atoms with van der Waals surface area (Å²) in [6, 6.07) is 34.2. The number of anilines is 1. The molecule has 6 rings (SSSR count). The van der Waals surface area contributed by atoms with Crippen molar-refractivity contribution in [2.45, 2.75) is 80.7 Å². The minimum Gasteiger partial charge on any atom is -0.497 e. The van der Waals surface area contributed by atoms with Gasteiger partial charge < -0.3 is 32.2 Å². The Hall–Kier alpha value is -6.48. The highest BCUT2D eigenvalue weighted by atomic mass is 32.2. The molecule has 0 fully saturated rings. The van der Waals surface area contributed by atoms with Crippen LogP contribution in [0.15, 0.2) is 154 Å². The molecule has 0 heterocycles. The van der Waals surface area contributed by atoms with Crippen LogP contribution in [0.5, 0.6) is 34.5 Å². The number of rotatable bonds is 16. The third-order valence-corrected chi connectivity index (χ3v) is 12.3. The van der Waals surface area contributed by atoms with Crippen LogP contribution in [0, 0.1) is 0 Å². The van der Waals surface area contributed by atoms with E-state index in [1.54, 1.807) is 86.6 Å². The van der Waals surface area contributed by atoms with Crippen LogP contribution in [0.2, 0.25) is 0 Å². The van der Waals surface area contributed by atoms with Crippen molar-refractivity contribution in [1.82, 2.24) is 0 Å². The van der Waals surface area contributed by atoms with Gasteiger partial charge in [0, 0.05) is 19.8 Å². The lowest BCUT2D eigenvalue weighted by molar-refractivity contribution is -0.137. The van der Waals surface area contributed by atoms with E-state index in [1.807, 2.05) is 46.7 Å². The van der Waals surface area contributed by atoms with Crippen LogP contribution in [0.1, 0.15) is 47.1 Å². The van der Waals surface area contributed by atoms with Gasteiger partial charge in [0.05, 0.1) is 31.0 Å². The van der Waals surface area contributed by atoms with Gasteiger partial charge in [-0.1, -0.05) is 42.5 Å². The van der Waals surface area contributed by atoms with E-state index in [1.165, 1.54) is 55.6 Å². The summed E-state index contributed by atoms with van der Waals surface area (Å²) in [7, 11) is -7.10. The van der Waals surface area contributed by atoms with E-state index < -0.39 is 47.0 Å². The molecule has 372 valence electrons. The molecule has 14 nitrogen and oxygen atoms in total. The van der Waals surface area contributed by atoms with Gasteiger partial charge in [0.1, 0.15) is 26.2 Å².